The third-order valence-corrected chi connectivity index (χ3v) is 5.27. The molecule has 1 unspecified atom stereocenters. The molecule has 0 spiro atoms. The van der Waals surface area contributed by atoms with Crippen LogP contribution in [0, 0.1) is 12.8 Å². The number of rotatable bonds is 7. The van der Waals surface area contributed by atoms with Crippen LogP contribution in [-0.2, 0) is 4.79 Å². The van der Waals surface area contributed by atoms with Crippen molar-refractivity contribution in [3.63, 3.8) is 0 Å². The van der Waals surface area contributed by atoms with Crippen LogP contribution in [-0.4, -0.2) is 35.3 Å². The first-order chi connectivity index (χ1) is 16.6. The summed E-state index contributed by atoms with van der Waals surface area (Å²) in [6.45, 7) is 3.30. The largest absolute Gasteiger partial charge is 0.417 e. The molecule has 0 radical (unpaired) electrons. The molecular formula is C25H25F3N6O. The maximum Gasteiger partial charge on any atom is 0.417 e. The Balaban J connectivity index is 1.87. The number of carbonyl (C=O) groups is 1. The van der Waals surface area contributed by atoms with Crippen LogP contribution in [0.4, 0.5) is 24.7 Å². The maximum atomic E-state index is 13.1. The van der Waals surface area contributed by atoms with Gasteiger partial charge in [-0.2, -0.15) is 18.3 Å². The summed E-state index contributed by atoms with van der Waals surface area (Å²) < 4.78 is 39.2. The Bertz CT molecular complexity index is 1270. The number of carbonyl (C=O) groups excluding carboxylic acids is 1. The van der Waals surface area contributed by atoms with Gasteiger partial charge in [-0.15, -0.1) is 0 Å². The van der Waals surface area contributed by atoms with Gasteiger partial charge < -0.3 is 16.5 Å². The molecule has 1 atom stereocenters. The van der Waals surface area contributed by atoms with E-state index in [1.807, 2.05) is 37.3 Å². The van der Waals surface area contributed by atoms with Crippen molar-refractivity contribution >= 4 is 23.6 Å². The lowest BCUT2D eigenvalue weighted by molar-refractivity contribution is -0.118. The van der Waals surface area contributed by atoms with Gasteiger partial charge in [0.25, 0.3) is 0 Å². The van der Waals surface area contributed by atoms with E-state index in [9.17, 15) is 18.0 Å². The van der Waals surface area contributed by atoms with E-state index in [0.717, 1.165) is 34.0 Å². The number of benzene rings is 1. The molecule has 0 aliphatic heterocycles. The normalized spacial score (nSPS) is 13.0. The Kier molecular flexibility index (Phi) is 7.85. The molecule has 0 aliphatic carbocycles. The molecule has 1 amide bonds. The fraction of sp³-hybridized carbons (Fsp3) is 0.200. The van der Waals surface area contributed by atoms with Crippen molar-refractivity contribution in [3.8, 4) is 22.4 Å². The van der Waals surface area contributed by atoms with E-state index in [1.54, 1.807) is 31.6 Å². The van der Waals surface area contributed by atoms with Gasteiger partial charge in [0.2, 0.25) is 5.91 Å². The van der Waals surface area contributed by atoms with Crippen molar-refractivity contribution in [2.45, 2.75) is 20.0 Å². The van der Waals surface area contributed by atoms with Gasteiger partial charge in [-0.1, -0.05) is 19.1 Å². The Hall–Kier alpha value is -4.21. The highest BCUT2D eigenvalue weighted by Crippen LogP contribution is 2.30. The number of alkyl halides is 3. The summed E-state index contributed by atoms with van der Waals surface area (Å²) in [6, 6.07) is 12.8. The minimum absolute atomic E-state index is 0.455. The van der Waals surface area contributed by atoms with Crippen LogP contribution in [0.15, 0.2) is 71.6 Å². The quantitative estimate of drug-likeness (QED) is 0.245. The number of aromatic nitrogens is 2. The van der Waals surface area contributed by atoms with Crippen LogP contribution in [0.3, 0.4) is 0 Å². The molecule has 2 heterocycles. The molecule has 0 fully saturated rings. The van der Waals surface area contributed by atoms with Crippen LogP contribution in [0.1, 0.15) is 12.5 Å². The Labute approximate surface area is 201 Å². The summed E-state index contributed by atoms with van der Waals surface area (Å²) in [4.78, 5) is 21.3. The highest BCUT2D eigenvalue weighted by Gasteiger charge is 2.33. The number of nitrogens with two attached hydrogens (primary N) is 1. The highest BCUT2D eigenvalue weighted by atomic mass is 19.4. The van der Waals surface area contributed by atoms with Gasteiger partial charge in [-0.25, -0.2) is 4.98 Å². The van der Waals surface area contributed by atoms with Gasteiger partial charge in [-0.3, -0.25) is 9.78 Å². The maximum absolute atomic E-state index is 13.1. The van der Waals surface area contributed by atoms with Gasteiger partial charge in [0.15, 0.2) is 0 Å². The monoisotopic (exact) mass is 482 g/mol. The fourth-order valence-electron chi connectivity index (χ4n) is 3.39. The van der Waals surface area contributed by atoms with Crippen molar-refractivity contribution in [3.05, 3.63) is 72.1 Å². The van der Waals surface area contributed by atoms with E-state index in [-0.39, 0.29) is 0 Å². The fourth-order valence-corrected chi connectivity index (χ4v) is 3.39. The predicted molar refractivity (Wildman–Crippen MR) is 132 cm³/mol. The number of nitrogens with zero attached hydrogens (tertiary/aromatic N) is 3. The lowest BCUT2D eigenvalue weighted by atomic mass is 9.98. The van der Waals surface area contributed by atoms with Crippen molar-refractivity contribution in [2.24, 2.45) is 16.9 Å². The average Bonchev–Trinajstić information content (AvgIpc) is 2.84. The van der Waals surface area contributed by atoms with Gasteiger partial charge in [-0.05, 0) is 60.0 Å². The van der Waals surface area contributed by atoms with Gasteiger partial charge in [0, 0.05) is 30.7 Å². The summed E-state index contributed by atoms with van der Waals surface area (Å²) in [5, 5.41) is 8.61. The van der Waals surface area contributed by atoms with E-state index in [0.29, 0.717) is 17.7 Å². The lowest BCUT2D eigenvalue weighted by Gasteiger charge is -2.14. The van der Waals surface area contributed by atoms with Gasteiger partial charge in [0.05, 0.1) is 23.4 Å². The van der Waals surface area contributed by atoms with Crippen LogP contribution in [0.2, 0.25) is 0 Å². The molecule has 4 N–H and O–H groups in total. The van der Waals surface area contributed by atoms with E-state index >= 15 is 0 Å². The smallest absolute Gasteiger partial charge is 0.373 e. The molecule has 7 nitrogen and oxygen atoms in total. The number of hydrazone groups is 1. The zero-order valence-corrected chi connectivity index (χ0v) is 19.4. The molecule has 3 rings (SSSR count). The number of allylic oxidation sites excluding steroid dienone is 1. The number of hydrogen-bond donors (Lipinski definition) is 3. The predicted octanol–water partition coefficient (Wildman–Crippen LogP) is 5.17. The number of halogens is 3. The first-order valence-corrected chi connectivity index (χ1v) is 10.7. The van der Waals surface area contributed by atoms with Gasteiger partial charge in [0.1, 0.15) is 5.82 Å². The van der Waals surface area contributed by atoms with Crippen LogP contribution >= 0.6 is 0 Å². The second-order valence-corrected chi connectivity index (χ2v) is 7.82. The third kappa shape index (κ3) is 6.44. The van der Waals surface area contributed by atoms with E-state index in [4.69, 9.17) is 5.84 Å². The number of anilines is 2. The first-order valence-electron chi connectivity index (χ1n) is 10.7. The topological polar surface area (TPSA) is 105 Å². The van der Waals surface area contributed by atoms with Crippen molar-refractivity contribution in [1.82, 2.24) is 9.97 Å². The highest BCUT2D eigenvalue weighted by molar-refractivity contribution is 5.95. The Morgan fingerprint density at radius 1 is 1.09 bits per heavy atom. The SMILES string of the molecule is CNc1cc(-c2cc(-c3cc(NC(=O)C(C)/C=C(\C=N/N)C(F)(F)F)ccc3C)ccn2)ccn1. The molecule has 10 heteroatoms. The summed E-state index contributed by atoms with van der Waals surface area (Å²) in [7, 11) is 1.78. The Morgan fingerprint density at radius 3 is 2.49 bits per heavy atom. The number of aryl methyl sites for hydroxylation is 1. The molecular weight excluding hydrogens is 457 g/mol. The molecule has 3 aromatic rings. The lowest BCUT2D eigenvalue weighted by Crippen LogP contribution is -2.22. The van der Waals surface area contributed by atoms with E-state index in [2.05, 4.69) is 25.7 Å². The standard InChI is InChI=1S/C25H25F3N6O/c1-15-4-5-20(34-24(35)16(2)10-19(14-33-29)25(26,27)28)13-21(15)17-6-8-31-22(11-17)18-7-9-32-23(12-18)30-3/h4-14,16H,29H2,1-3H3,(H,30,32)(H,34,35)/b19-10+,33-14-. The summed E-state index contributed by atoms with van der Waals surface area (Å²) in [5.74, 6) is 3.91. The first kappa shape index (κ1) is 25.4. The number of nitrogens with one attached hydrogen (secondary N) is 2. The van der Waals surface area contributed by atoms with Crippen molar-refractivity contribution in [1.29, 1.82) is 0 Å². The molecule has 0 bridgehead atoms. The van der Waals surface area contributed by atoms with Crippen molar-refractivity contribution in [2.75, 3.05) is 17.7 Å². The Morgan fingerprint density at radius 2 is 1.80 bits per heavy atom. The zero-order valence-electron chi connectivity index (χ0n) is 19.4. The molecule has 0 aliphatic rings. The molecule has 0 saturated carbocycles. The van der Waals surface area contributed by atoms with Crippen LogP contribution in [0.5, 0.6) is 0 Å². The number of amides is 1. The number of hydrogen-bond acceptors (Lipinski definition) is 6. The summed E-state index contributed by atoms with van der Waals surface area (Å²) >= 11 is 0. The average molecular weight is 483 g/mol. The van der Waals surface area contributed by atoms with Crippen LogP contribution < -0.4 is 16.5 Å². The molecule has 182 valence electrons. The van der Waals surface area contributed by atoms with E-state index in [1.165, 1.54) is 6.92 Å². The molecule has 35 heavy (non-hydrogen) atoms. The molecule has 1 aromatic carbocycles. The minimum atomic E-state index is -4.67. The summed E-state index contributed by atoms with van der Waals surface area (Å²) in [5.41, 5.74) is 3.68. The molecule has 2 aromatic heterocycles. The van der Waals surface area contributed by atoms with Crippen molar-refractivity contribution < 1.29 is 18.0 Å². The third-order valence-electron chi connectivity index (χ3n) is 5.27. The number of pyridine rings is 2. The van der Waals surface area contributed by atoms with Gasteiger partial charge >= 0.3 is 6.18 Å². The minimum Gasteiger partial charge on any atom is -0.373 e. The van der Waals surface area contributed by atoms with E-state index < -0.39 is 23.6 Å². The second kappa shape index (κ2) is 10.8. The second-order valence-electron chi connectivity index (χ2n) is 7.82. The van der Waals surface area contributed by atoms with Crippen LogP contribution in [0.25, 0.3) is 22.4 Å². The summed E-state index contributed by atoms with van der Waals surface area (Å²) in [6.07, 6.45) is -0.0209. The molecule has 0 saturated heterocycles. The zero-order chi connectivity index (χ0) is 25.6.